The summed E-state index contributed by atoms with van der Waals surface area (Å²) in [5, 5.41) is 6.96. The summed E-state index contributed by atoms with van der Waals surface area (Å²) < 4.78 is 6.47. The number of carbonyl (C=O) groups is 1. The number of carbonyl (C=O) groups excluding carboxylic acids is 1. The Morgan fingerprint density at radius 2 is 2.04 bits per heavy atom. The second kappa shape index (κ2) is 7.89. The Hall–Kier alpha value is -2.08. The smallest absolute Gasteiger partial charge is 0.221 e. The highest BCUT2D eigenvalue weighted by molar-refractivity contribution is 6.30. The molecule has 2 aliphatic rings. The van der Waals surface area contributed by atoms with E-state index < -0.39 is 0 Å². The second-order valence-electron chi connectivity index (χ2n) is 7.15. The van der Waals surface area contributed by atoms with Crippen LogP contribution in [0.15, 0.2) is 42.5 Å². The van der Waals surface area contributed by atoms with Crippen molar-refractivity contribution in [1.29, 1.82) is 0 Å². The van der Waals surface area contributed by atoms with Crippen LogP contribution in [0.5, 0.6) is 5.75 Å². The van der Waals surface area contributed by atoms with E-state index >= 15 is 0 Å². The zero-order valence-corrected chi connectivity index (χ0v) is 16.1. The largest absolute Gasteiger partial charge is 0.484 e. The Bertz CT molecular complexity index is 836. The van der Waals surface area contributed by atoms with Crippen LogP contribution >= 0.6 is 11.6 Å². The third-order valence-electron chi connectivity index (χ3n) is 5.23. The van der Waals surface area contributed by atoms with Crippen LogP contribution in [-0.2, 0) is 11.2 Å². The highest BCUT2D eigenvalue weighted by atomic mass is 35.5. The lowest BCUT2D eigenvalue weighted by atomic mass is 10.1. The fraction of sp³-hybridized carbons (Fsp3) is 0.381. The summed E-state index contributed by atoms with van der Waals surface area (Å²) in [5.41, 5.74) is 3.20. The predicted octanol–water partition coefficient (Wildman–Crippen LogP) is 3.25. The lowest BCUT2D eigenvalue weighted by Crippen LogP contribution is -2.50. The SMILES string of the molecule is CC(=O)Nc1cccc(O[C@H]2c3cc(Cl)ccc3C[C@@H]2N2CCNCC2)c1. The summed E-state index contributed by atoms with van der Waals surface area (Å²) in [6.45, 7) is 5.52. The molecule has 2 atom stereocenters. The third-order valence-corrected chi connectivity index (χ3v) is 5.47. The number of ether oxygens (including phenoxy) is 1. The van der Waals surface area contributed by atoms with Gasteiger partial charge in [0.25, 0.3) is 0 Å². The summed E-state index contributed by atoms with van der Waals surface area (Å²) in [7, 11) is 0. The van der Waals surface area contributed by atoms with Crippen LogP contribution in [-0.4, -0.2) is 43.0 Å². The molecule has 0 saturated carbocycles. The van der Waals surface area contributed by atoms with E-state index in [1.165, 1.54) is 12.5 Å². The van der Waals surface area contributed by atoms with Crippen LogP contribution in [0.3, 0.4) is 0 Å². The van der Waals surface area contributed by atoms with E-state index in [2.05, 4.69) is 21.6 Å². The number of nitrogens with one attached hydrogen (secondary N) is 2. The second-order valence-corrected chi connectivity index (χ2v) is 7.58. The zero-order chi connectivity index (χ0) is 18.8. The van der Waals surface area contributed by atoms with Crippen molar-refractivity contribution in [3.05, 3.63) is 58.6 Å². The summed E-state index contributed by atoms with van der Waals surface area (Å²) in [5.74, 6) is 0.656. The van der Waals surface area contributed by atoms with Gasteiger partial charge in [0.2, 0.25) is 5.91 Å². The van der Waals surface area contributed by atoms with Gasteiger partial charge < -0.3 is 15.4 Å². The third kappa shape index (κ3) is 4.10. The van der Waals surface area contributed by atoms with Crippen molar-refractivity contribution < 1.29 is 9.53 Å². The first kappa shape index (κ1) is 18.3. The number of hydrogen-bond donors (Lipinski definition) is 2. The van der Waals surface area contributed by atoms with Gasteiger partial charge in [0.05, 0.1) is 6.04 Å². The van der Waals surface area contributed by atoms with Gasteiger partial charge in [-0.25, -0.2) is 0 Å². The summed E-state index contributed by atoms with van der Waals surface area (Å²) >= 11 is 6.28. The number of piperazine rings is 1. The molecule has 0 radical (unpaired) electrons. The van der Waals surface area contributed by atoms with Crippen LogP contribution in [0, 0.1) is 0 Å². The summed E-state index contributed by atoms with van der Waals surface area (Å²) in [6.07, 6.45) is 0.882. The minimum absolute atomic E-state index is 0.0793. The van der Waals surface area contributed by atoms with E-state index in [-0.39, 0.29) is 18.1 Å². The average molecular weight is 386 g/mol. The molecule has 6 heteroatoms. The normalized spacial score (nSPS) is 22.3. The Kier molecular flexibility index (Phi) is 5.34. The van der Waals surface area contributed by atoms with Crippen LogP contribution in [0.25, 0.3) is 0 Å². The molecular formula is C21H24ClN3O2. The molecule has 1 aliphatic carbocycles. The van der Waals surface area contributed by atoms with Crippen molar-refractivity contribution in [2.24, 2.45) is 0 Å². The minimum atomic E-state index is -0.0937. The van der Waals surface area contributed by atoms with Crippen LogP contribution in [0.4, 0.5) is 5.69 Å². The van der Waals surface area contributed by atoms with Crippen LogP contribution in [0.1, 0.15) is 24.2 Å². The number of anilines is 1. The molecule has 2 aromatic rings. The van der Waals surface area contributed by atoms with Crippen molar-refractivity contribution in [3.63, 3.8) is 0 Å². The van der Waals surface area contributed by atoms with Gasteiger partial charge in [-0.1, -0.05) is 23.7 Å². The van der Waals surface area contributed by atoms with Gasteiger partial charge >= 0.3 is 0 Å². The molecule has 5 nitrogen and oxygen atoms in total. The van der Waals surface area contributed by atoms with E-state index in [1.54, 1.807) is 0 Å². The Morgan fingerprint density at radius 3 is 2.81 bits per heavy atom. The highest BCUT2D eigenvalue weighted by Gasteiger charge is 2.38. The number of rotatable bonds is 4. The molecule has 2 aromatic carbocycles. The maximum absolute atomic E-state index is 11.3. The van der Waals surface area contributed by atoms with Gasteiger partial charge in [-0.2, -0.15) is 0 Å². The van der Waals surface area contributed by atoms with Crippen molar-refractivity contribution in [3.8, 4) is 5.75 Å². The molecule has 27 heavy (non-hydrogen) atoms. The monoisotopic (exact) mass is 385 g/mol. The number of nitrogens with zero attached hydrogens (tertiary/aromatic N) is 1. The van der Waals surface area contributed by atoms with Crippen LogP contribution < -0.4 is 15.4 Å². The topological polar surface area (TPSA) is 53.6 Å². The number of amides is 1. The standard InChI is InChI=1S/C21H24ClN3O2/c1-14(26)24-17-3-2-4-18(13-17)27-21-19-12-16(22)6-5-15(19)11-20(21)25-9-7-23-8-10-25/h2-6,12-13,20-21,23H,7-11H2,1H3,(H,24,26)/t20-,21-/m0/s1. The highest BCUT2D eigenvalue weighted by Crippen LogP contribution is 2.39. The molecule has 2 N–H and O–H groups in total. The first-order chi connectivity index (χ1) is 13.1. The lowest BCUT2D eigenvalue weighted by molar-refractivity contribution is -0.114. The Balaban J connectivity index is 1.62. The van der Waals surface area contributed by atoms with Crippen LogP contribution in [0.2, 0.25) is 5.02 Å². The van der Waals surface area contributed by atoms with Crippen molar-refractivity contribution in [1.82, 2.24) is 10.2 Å². The quantitative estimate of drug-likeness (QED) is 0.848. The van der Waals surface area contributed by atoms with Gasteiger partial charge in [-0.05, 0) is 41.8 Å². The van der Waals surface area contributed by atoms with Gasteiger partial charge in [-0.15, -0.1) is 0 Å². The van der Waals surface area contributed by atoms with E-state index in [9.17, 15) is 4.79 Å². The molecule has 1 aliphatic heterocycles. The fourth-order valence-electron chi connectivity index (χ4n) is 4.03. The molecule has 0 unspecified atom stereocenters. The van der Waals surface area contributed by atoms with Gasteiger partial charge in [0.15, 0.2) is 0 Å². The van der Waals surface area contributed by atoms with Crippen molar-refractivity contribution >= 4 is 23.2 Å². The van der Waals surface area contributed by atoms with Gasteiger partial charge in [0, 0.05) is 49.9 Å². The van der Waals surface area contributed by atoms with E-state index in [4.69, 9.17) is 16.3 Å². The average Bonchev–Trinajstić information content (AvgIpc) is 3.00. The molecule has 1 amide bonds. The first-order valence-corrected chi connectivity index (χ1v) is 9.75. The molecule has 0 bridgehead atoms. The predicted molar refractivity (Wildman–Crippen MR) is 108 cm³/mol. The number of fused-ring (bicyclic) bond motifs is 1. The van der Waals surface area contributed by atoms with E-state index in [0.29, 0.717) is 0 Å². The molecule has 1 saturated heterocycles. The lowest BCUT2D eigenvalue weighted by Gasteiger charge is -2.36. The van der Waals surface area contributed by atoms with Gasteiger partial charge in [-0.3, -0.25) is 9.69 Å². The summed E-state index contributed by atoms with van der Waals surface area (Å²) in [4.78, 5) is 13.9. The fourth-order valence-corrected chi connectivity index (χ4v) is 4.21. The van der Waals surface area contributed by atoms with Gasteiger partial charge in [0.1, 0.15) is 11.9 Å². The van der Waals surface area contributed by atoms with Crippen molar-refractivity contribution in [2.75, 3.05) is 31.5 Å². The number of halogens is 1. The number of benzene rings is 2. The molecule has 4 rings (SSSR count). The zero-order valence-electron chi connectivity index (χ0n) is 15.4. The van der Waals surface area contributed by atoms with E-state index in [0.717, 1.165) is 54.6 Å². The molecule has 1 heterocycles. The maximum Gasteiger partial charge on any atom is 0.221 e. The molecular weight excluding hydrogens is 362 g/mol. The molecule has 0 aromatic heterocycles. The molecule has 1 fully saturated rings. The Labute approximate surface area is 164 Å². The first-order valence-electron chi connectivity index (χ1n) is 9.37. The molecule has 0 spiro atoms. The number of hydrogen-bond acceptors (Lipinski definition) is 4. The maximum atomic E-state index is 11.3. The molecule has 142 valence electrons. The minimum Gasteiger partial charge on any atom is -0.484 e. The Morgan fingerprint density at radius 1 is 1.22 bits per heavy atom. The summed E-state index contributed by atoms with van der Waals surface area (Å²) in [6, 6.07) is 13.9. The van der Waals surface area contributed by atoms with E-state index in [1.807, 2.05) is 36.4 Å². The van der Waals surface area contributed by atoms with Crippen molar-refractivity contribution in [2.45, 2.75) is 25.5 Å².